The zero-order chi connectivity index (χ0) is 10.2. The molecule has 1 N–H and O–H groups in total. The maximum Gasteiger partial charge on any atom is 0.0966 e. The molecule has 0 fully saturated rings. The van der Waals surface area contributed by atoms with Gasteiger partial charge in [-0.3, -0.25) is 0 Å². The summed E-state index contributed by atoms with van der Waals surface area (Å²) in [6.07, 6.45) is 0.290. The molecule has 2 heteroatoms. The smallest absolute Gasteiger partial charge is 0.0966 e. The van der Waals surface area contributed by atoms with Crippen LogP contribution < -0.4 is 5.32 Å². The summed E-state index contributed by atoms with van der Waals surface area (Å²) in [4.78, 5) is 0. The first-order valence-electron chi connectivity index (χ1n) is 4.46. The topological polar surface area (TPSA) is 35.8 Å². The SMILES string of the molecule is CNCc1ccc(C#CCC#N)cc1. The van der Waals surface area contributed by atoms with Gasteiger partial charge in [0.2, 0.25) is 0 Å². The van der Waals surface area contributed by atoms with E-state index < -0.39 is 0 Å². The summed E-state index contributed by atoms with van der Waals surface area (Å²) < 4.78 is 0. The van der Waals surface area contributed by atoms with Gasteiger partial charge in [-0.2, -0.15) is 5.26 Å². The number of nitrogens with zero attached hydrogens (tertiary/aromatic N) is 1. The van der Waals surface area contributed by atoms with Gasteiger partial charge in [0.25, 0.3) is 0 Å². The highest BCUT2D eigenvalue weighted by atomic mass is 14.8. The Labute approximate surface area is 84.6 Å². The van der Waals surface area contributed by atoms with Crippen LogP contribution in [0.25, 0.3) is 0 Å². The van der Waals surface area contributed by atoms with Crippen LogP contribution in [0.4, 0.5) is 0 Å². The molecule has 0 saturated heterocycles. The standard InChI is InChI=1S/C12H12N2/c1-14-10-12-7-5-11(6-8-12)4-2-3-9-13/h5-8,14H,3,10H2,1H3. The molecule has 0 bridgehead atoms. The van der Waals surface area contributed by atoms with E-state index in [-0.39, 0.29) is 6.42 Å². The quantitative estimate of drug-likeness (QED) is 0.710. The molecule has 0 aliphatic heterocycles. The van der Waals surface area contributed by atoms with E-state index in [1.165, 1.54) is 5.56 Å². The zero-order valence-electron chi connectivity index (χ0n) is 8.17. The minimum Gasteiger partial charge on any atom is -0.316 e. The van der Waals surface area contributed by atoms with E-state index >= 15 is 0 Å². The molecule has 0 radical (unpaired) electrons. The largest absolute Gasteiger partial charge is 0.316 e. The number of nitriles is 1. The fourth-order valence-corrected chi connectivity index (χ4v) is 1.10. The zero-order valence-corrected chi connectivity index (χ0v) is 8.17. The molecule has 70 valence electrons. The lowest BCUT2D eigenvalue weighted by Crippen LogP contribution is -2.04. The van der Waals surface area contributed by atoms with Crippen LogP contribution in [0.2, 0.25) is 0 Å². The Morgan fingerprint density at radius 1 is 1.29 bits per heavy atom. The molecule has 0 heterocycles. The highest BCUT2D eigenvalue weighted by molar-refractivity contribution is 5.36. The minimum absolute atomic E-state index is 0.290. The van der Waals surface area contributed by atoms with Gasteiger partial charge in [-0.25, -0.2) is 0 Å². The van der Waals surface area contributed by atoms with Crippen molar-refractivity contribution in [2.75, 3.05) is 7.05 Å². The molecular formula is C12H12N2. The molecule has 0 atom stereocenters. The Hall–Kier alpha value is -1.77. The summed E-state index contributed by atoms with van der Waals surface area (Å²) >= 11 is 0. The van der Waals surface area contributed by atoms with Crippen molar-refractivity contribution in [3.05, 3.63) is 35.4 Å². The highest BCUT2D eigenvalue weighted by Crippen LogP contribution is 2.02. The highest BCUT2D eigenvalue weighted by Gasteiger charge is 1.89. The van der Waals surface area contributed by atoms with Crippen LogP contribution >= 0.6 is 0 Å². The predicted molar refractivity (Wildman–Crippen MR) is 56.3 cm³/mol. The Morgan fingerprint density at radius 3 is 2.57 bits per heavy atom. The van der Waals surface area contributed by atoms with E-state index in [0.29, 0.717) is 0 Å². The van der Waals surface area contributed by atoms with E-state index in [1.54, 1.807) is 0 Å². The second kappa shape index (κ2) is 5.80. The maximum absolute atomic E-state index is 8.30. The summed E-state index contributed by atoms with van der Waals surface area (Å²) in [6, 6.07) is 9.99. The Balaban J connectivity index is 2.66. The third kappa shape index (κ3) is 3.31. The average Bonchev–Trinajstić information content (AvgIpc) is 2.21. The van der Waals surface area contributed by atoms with Crippen LogP contribution in [0.5, 0.6) is 0 Å². The second-order valence-corrected chi connectivity index (χ2v) is 2.86. The number of rotatable bonds is 2. The van der Waals surface area contributed by atoms with Crippen LogP contribution in [-0.4, -0.2) is 7.05 Å². The molecule has 2 nitrogen and oxygen atoms in total. The molecule has 0 aromatic heterocycles. The van der Waals surface area contributed by atoms with Gasteiger partial charge in [-0.15, -0.1) is 0 Å². The monoisotopic (exact) mass is 184 g/mol. The van der Waals surface area contributed by atoms with Crippen LogP contribution in [-0.2, 0) is 6.54 Å². The predicted octanol–water partition coefficient (Wildman–Crippen LogP) is 1.67. The lowest BCUT2D eigenvalue weighted by atomic mass is 10.1. The Morgan fingerprint density at radius 2 is 2.00 bits per heavy atom. The van der Waals surface area contributed by atoms with Crippen molar-refractivity contribution in [3.8, 4) is 17.9 Å². The third-order valence-electron chi connectivity index (χ3n) is 1.74. The lowest BCUT2D eigenvalue weighted by molar-refractivity contribution is 0.818. The molecule has 0 saturated carbocycles. The molecule has 1 rings (SSSR count). The summed E-state index contributed by atoms with van der Waals surface area (Å²) in [7, 11) is 1.92. The van der Waals surface area contributed by atoms with Gasteiger partial charge >= 0.3 is 0 Å². The fraction of sp³-hybridized carbons (Fsp3) is 0.250. The van der Waals surface area contributed by atoms with Crippen molar-refractivity contribution in [2.45, 2.75) is 13.0 Å². The van der Waals surface area contributed by atoms with Gasteiger partial charge < -0.3 is 5.32 Å². The Kier molecular flexibility index (Phi) is 4.27. The van der Waals surface area contributed by atoms with Crippen LogP contribution in [0, 0.1) is 23.2 Å². The molecular weight excluding hydrogens is 172 g/mol. The van der Waals surface area contributed by atoms with Crippen LogP contribution in [0.1, 0.15) is 17.5 Å². The number of hydrogen-bond donors (Lipinski definition) is 1. The molecule has 0 aliphatic rings. The first-order chi connectivity index (χ1) is 6.86. The van der Waals surface area contributed by atoms with Crippen molar-refractivity contribution in [3.63, 3.8) is 0 Å². The van der Waals surface area contributed by atoms with Gasteiger partial charge in [0, 0.05) is 12.1 Å². The van der Waals surface area contributed by atoms with Gasteiger partial charge in [0.1, 0.15) is 0 Å². The molecule has 14 heavy (non-hydrogen) atoms. The molecule has 0 aliphatic carbocycles. The van der Waals surface area contributed by atoms with E-state index in [1.807, 2.05) is 37.4 Å². The third-order valence-corrected chi connectivity index (χ3v) is 1.74. The van der Waals surface area contributed by atoms with Gasteiger partial charge in [-0.05, 0) is 24.7 Å². The van der Waals surface area contributed by atoms with Crippen molar-refractivity contribution in [2.24, 2.45) is 0 Å². The molecule has 1 aromatic carbocycles. The fourth-order valence-electron chi connectivity index (χ4n) is 1.10. The van der Waals surface area contributed by atoms with Gasteiger partial charge in [-0.1, -0.05) is 24.0 Å². The van der Waals surface area contributed by atoms with Gasteiger partial charge in [0.15, 0.2) is 0 Å². The van der Waals surface area contributed by atoms with Crippen molar-refractivity contribution >= 4 is 0 Å². The van der Waals surface area contributed by atoms with E-state index in [9.17, 15) is 0 Å². The summed E-state index contributed by atoms with van der Waals surface area (Å²) in [5.41, 5.74) is 2.19. The number of nitrogens with one attached hydrogen (secondary N) is 1. The molecule has 1 aromatic rings. The van der Waals surface area contributed by atoms with E-state index in [4.69, 9.17) is 5.26 Å². The van der Waals surface area contributed by atoms with E-state index in [0.717, 1.165) is 12.1 Å². The van der Waals surface area contributed by atoms with Crippen molar-refractivity contribution in [1.29, 1.82) is 5.26 Å². The summed E-state index contributed by atoms with van der Waals surface area (Å²) in [5, 5.41) is 11.4. The summed E-state index contributed by atoms with van der Waals surface area (Å²) in [6.45, 7) is 0.867. The average molecular weight is 184 g/mol. The van der Waals surface area contributed by atoms with Crippen molar-refractivity contribution in [1.82, 2.24) is 5.32 Å². The maximum atomic E-state index is 8.30. The van der Waals surface area contributed by atoms with Crippen LogP contribution in [0.3, 0.4) is 0 Å². The number of hydrogen-bond acceptors (Lipinski definition) is 2. The number of benzene rings is 1. The Bertz CT molecular complexity index is 374. The summed E-state index contributed by atoms with van der Waals surface area (Å²) in [5.74, 6) is 5.70. The normalized spacial score (nSPS) is 8.57. The van der Waals surface area contributed by atoms with Crippen molar-refractivity contribution < 1.29 is 0 Å². The van der Waals surface area contributed by atoms with Gasteiger partial charge in [0.05, 0.1) is 12.5 Å². The second-order valence-electron chi connectivity index (χ2n) is 2.86. The van der Waals surface area contributed by atoms with E-state index in [2.05, 4.69) is 17.2 Å². The minimum atomic E-state index is 0.290. The first kappa shape index (κ1) is 10.3. The molecule has 0 amide bonds. The molecule has 0 spiro atoms. The molecule has 0 unspecified atom stereocenters. The first-order valence-corrected chi connectivity index (χ1v) is 4.46. The van der Waals surface area contributed by atoms with Crippen LogP contribution in [0.15, 0.2) is 24.3 Å². The lowest BCUT2D eigenvalue weighted by Gasteiger charge is -1.98.